The van der Waals surface area contributed by atoms with Gasteiger partial charge in [-0.1, -0.05) is 103 Å². The predicted molar refractivity (Wildman–Crippen MR) is 127 cm³/mol. The number of amides is 2. The number of unbranched alkanes of at least 4 members (excludes halogenated alkanes) is 12. The zero-order valence-electron chi connectivity index (χ0n) is 19.6. The van der Waals surface area contributed by atoms with Crippen molar-refractivity contribution < 1.29 is 9.59 Å². The molecule has 1 unspecified atom stereocenters. The highest BCUT2D eigenvalue weighted by Gasteiger charge is 2.22. The summed E-state index contributed by atoms with van der Waals surface area (Å²) in [5, 5.41) is 3.00. The first-order valence-corrected chi connectivity index (χ1v) is 12.5. The first kappa shape index (κ1) is 26.5. The minimum Gasteiger partial charge on any atom is -0.346 e. The van der Waals surface area contributed by atoms with Crippen molar-refractivity contribution in [2.24, 2.45) is 0 Å². The maximum absolute atomic E-state index is 12.3. The van der Waals surface area contributed by atoms with Crippen molar-refractivity contribution in [1.29, 1.82) is 0 Å². The normalized spacial score (nSPS) is 14.7. The number of hydrogen-bond donors (Lipinski definition) is 1. The second kappa shape index (κ2) is 17.1. The molecule has 0 radical (unpaired) electrons. The number of nitrogens with one attached hydrogen (secondary N) is 1. The summed E-state index contributed by atoms with van der Waals surface area (Å²) in [6.07, 6.45) is 21.6. The van der Waals surface area contributed by atoms with Crippen LogP contribution in [0.15, 0.2) is 24.8 Å². The van der Waals surface area contributed by atoms with Crippen LogP contribution < -0.4 is 5.32 Å². The van der Waals surface area contributed by atoms with Crippen molar-refractivity contribution >= 4 is 11.8 Å². The van der Waals surface area contributed by atoms with Gasteiger partial charge in [-0.2, -0.15) is 0 Å². The van der Waals surface area contributed by atoms with Crippen molar-refractivity contribution in [2.75, 3.05) is 13.1 Å². The lowest BCUT2D eigenvalue weighted by atomic mass is 10.0. The third kappa shape index (κ3) is 12.2. The molecule has 1 rings (SSSR count). The van der Waals surface area contributed by atoms with Gasteiger partial charge >= 0.3 is 0 Å². The summed E-state index contributed by atoms with van der Waals surface area (Å²) in [5.41, 5.74) is 0.461. The number of hydrogen-bond acceptors (Lipinski definition) is 2. The molecule has 1 fully saturated rings. The molecular formula is C26H46N2O2. The molecule has 0 aromatic rings. The van der Waals surface area contributed by atoms with E-state index >= 15 is 0 Å². The summed E-state index contributed by atoms with van der Waals surface area (Å²) >= 11 is 0. The van der Waals surface area contributed by atoms with Crippen LogP contribution in [-0.2, 0) is 9.59 Å². The Hall–Kier alpha value is -1.58. The van der Waals surface area contributed by atoms with Crippen LogP contribution in [0.3, 0.4) is 0 Å². The fourth-order valence-corrected chi connectivity index (χ4v) is 4.07. The van der Waals surface area contributed by atoms with Crippen LogP contribution in [0.25, 0.3) is 0 Å². The topological polar surface area (TPSA) is 49.4 Å². The highest BCUT2D eigenvalue weighted by atomic mass is 16.2. The lowest BCUT2D eigenvalue weighted by Crippen LogP contribution is -2.38. The average molecular weight is 419 g/mol. The molecule has 4 nitrogen and oxygen atoms in total. The van der Waals surface area contributed by atoms with Gasteiger partial charge in [-0.25, -0.2) is 0 Å². The van der Waals surface area contributed by atoms with Crippen molar-refractivity contribution in [3.8, 4) is 0 Å². The molecule has 0 bridgehead atoms. The third-order valence-corrected chi connectivity index (χ3v) is 6.09. The van der Waals surface area contributed by atoms with Crippen LogP contribution in [0.1, 0.15) is 110 Å². The van der Waals surface area contributed by atoms with E-state index in [2.05, 4.69) is 25.4 Å². The highest BCUT2D eigenvalue weighted by Crippen LogP contribution is 2.14. The summed E-state index contributed by atoms with van der Waals surface area (Å²) in [5.74, 6) is -0.0366. The standard InChI is InChI=1S/C26H46N2O2/c1-4-6-7-8-9-10-11-12-13-14-15-16-17-19-24(5-2)27-26(30)23(3)22-28-21-18-20-25(28)29/h5,24H,2-4,6-22H2,1H3,(H,27,30). The van der Waals surface area contributed by atoms with Gasteiger partial charge in [0.25, 0.3) is 0 Å². The molecule has 172 valence electrons. The van der Waals surface area contributed by atoms with E-state index in [9.17, 15) is 9.59 Å². The van der Waals surface area contributed by atoms with Gasteiger partial charge in [0.15, 0.2) is 0 Å². The van der Waals surface area contributed by atoms with E-state index in [-0.39, 0.29) is 17.9 Å². The summed E-state index contributed by atoms with van der Waals surface area (Å²) in [6.45, 7) is 11.1. The second-order valence-electron chi connectivity index (χ2n) is 8.87. The van der Waals surface area contributed by atoms with Gasteiger partial charge in [0.2, 0.25) is 11.8 Å². The van der Waals surface area contributed by atoms with Crippen LogP contribution in [-0.4, -0.2) is 35.8 Å². The van der Waals surface area contributed by atoms with Gasteiger partial charge in [-0.15, -0.1) is 6.58 Å². The maximum atomic E-state index is 12.3. The predicted octanol–water partition coefficient (Wildman–Crippen LogP) is 6.32. The minimum absolute atomic E-state index is 0.0174. The Morgan fingerprint density at radius 3 is 2.00 bits per heavy atom. The molecule has 0 aromatic heterocycles. The molecule has 0 spiro atoms. The fraction of sp³-hybridized carbons (Fsp3) is 0.769. The van der Waals surface area contributed by atoms with Crippen LogP contribution in [0, 0.1) is 0 Å². The van der Waals surface area contributed by atoms with Crippen LogP contribution >= 0.6 is 0 Å². The Labute approximate surface area is 185 Å². The number of likely N-dealkylation sites (tertiary alicyclic amines) is 1. The quantitative estimate of drug-likeness (QED) is 0.152. The number of carbonyl (C=O) groups excluding carboxylic acids is 2. The van der Waals surface area contributed by atoms with Crippen LogP contribution in [0.5, 0.6) is 0 Å². The van der Waals surface area contributed by atoms with Gasteiger partial charge in [0.1, 0.15) is 0 Å². The van der Waals surface area contributed by atoms with Crippen LogP contribution in [0.2, 0.25) is 0 Å². The van der Waals surface area contributed by atoms with E-state index in [4.69, 9.17) is 0 Å². The molecule has 1 saturated heterocycles. The monoisotopic (exact) mass is 418 g/mol. The highest BCUT2D eigenvalue weighted by molar-refractivity contribution is 5.94. The maximum Gasteiger partial charge on any atom is 0.248 e. The van der Waals surface area contributed by atoms with E-state index < -0.39 is 0 Å². The van der Waals surface area contributed by atoms with Crippen molar-refractivity contribution in [1.82, 2.24) is 10.2 Å². The van der Waals surface area contributed by atoms with E-state index in [0.29, 0.717) is 18.5 Å². The zero-order chi connectivity index (χ0) is 22.0. The Morgan fingerprint density at radius 1 is 1.00 bits per heavy atom. The molecule has 0 aliphatic carbocycles. The molecule has 1 aliphatic rings. The first-order valence-electron chi connectivity index (χ1n) is 12.5. The van der Waals surface area contributed by atoms with E-state index in [1.165, 1.54) is 77.0 Å². The molecule has 1 heterocycles. The number of nitrogens with zero attached hydrogens (tertiary/aromatic N) is 1. The smallest absolute Gasteiger partial charge is 0.248 e. The van der Waals surface area contributed by atoms with Crippen LogP contribution in [0.4, 0.5) is 0 Å². The van der Waals surface area contributed by atoms with Gasteiger partial charge in [0.05, 0.1) is 6.54 Å². The Kier molecular flexibility index (Phi) is 15.1. The molecule has 1 N–H and O–H groups in total. The Bertz CT molecular complexity index is 515. The van der Waals surface area contributed by atoms with E-state index in [1.807, 2.05) is 6.08 Å². The largest absolute Gasteiger partial charge is 0.346 e. The summed E-state index contributed by atoms with van der Waals surface area (Å²) in [7, 11) is 0. The van der Waals surface area contributed by atoms with Crippen molar-refractivity contribution in [3.05, 3.63) is 24.8 Å². The molecule has 30 heavy (non-hydrogen) atoms. The third-order valence-electron chi connectivity index (χ3n) is 6.09. The molecular weight excluding hydrogens is 372 g/mol. The molecule has 1 aliphatic heterocycles. The first-order chi connectivity index (χ1) is 14.6. The molecule has 1 atom stereocenters. The summed E-state index contributed by atoms with van der Waals surface area (Å²) in [4.78, 5) is 25.8. The molecule has 0 aromatic carbocycles. The number of rotatable bonds is 19. The fourth-order valence-electron chi connectivity index (χ4n) is 4.07. The minimum atomic E-state index is -0.158. The zero-order valence-corrected chi connectivity index (χ0v) is 19.6. The van der Waals surface area contributed by atoms with Gasteiger partial charge in [-0.3, -0.25) is 9.59 Å². The van der Waals surface area contributed by atoms with E-state index in [0.717, 1.165) is 25.8 Å². The lowest BCUT2D eigenvalue weighted by molar-refractivity contribution is -0.127. The Morgan fingerprint density at radius 2 is 1.53 bits per heavy atom. The average Bonchev–Trinajstić information content (AvgIpc) is 3.14. The number of carbonyl (C=O) groups is 2. The van der Waals surface area contributed by atoms with Gasteiger partial charge in [-0.05, 0) is 12.8 Å². The van der Waals surface area contributed by atoms with Crippen molar-refractivity contribution in [3.63, 3.8) is 0 Å². The molecule has 4 heteroatoms. The van der Waals surface area contributed by atoms with Crippen molar-refractivity contribution in [2.45, 2.75) is 116 Å². The molecule has 2 amide bonds. The summed E-state index contributed by atoms with van der Waals surface area (Å²) < 4.78 is 0. The lowest BCUT2D eigenvalue weighted by Gasteiger charge is -2.19. The Balaban J connectivity index is 2.00. The molecule has 0 saturated carbocycles. The van der Waals surface area contributed by atoms with Gasteiger partial charge in [0, 0.05) is 24.6 Å². The summed E-state index contributed by atoms with van der Waals surface area (Å²) in [6, 6.07) is -0.0174. The second-order valence-corrected chi connectivity index (χ2v) is 8.87. The SMILES string of the molecule is C=CC(CCCCCCCCCCCCCCC)NC(=O)C(=C)CN1CCCC1=O. The van der Waals surface area contributed by atoms with Gasteiger partial charge < -0.3 is 10.2 Å². The van der Waals surface area contributed by atoms with E-state index in [1.54, 1.807) is 4.90 Å².